The number of imidazole rings is 1. The minimum absolute atomic E-state index is 0. The van der Waals surface area contributed by atoms with Crippen molar-refractivity contribution in [1.82, 2.24) is 29.6 Å². The average Bonchev–Trinajstić information content (AvgIpc) is 3.54. The van der Waals surface area contributed by atoms with Crippen LogP contribution in [0.5, 0.6) is 0 Å². The Hall–Kier alpha value is -3.32. The Morgan fingerprint density at radius 2 is 2.09 bits per heavy atom. The number of nitrogens with one attached hydrogen (secondary N) is 1. The third-order valence-corrected chi connectivity index (χ3v) is 8.22. The highest BCUT2D eigenvalue weighted by molar-refractivity contribution is 7.09. The van der Waals surface area contributed by atoms with Gasteiger partial charge in [-0.2, -0.15) is 5.26 Å². The quantitative estimate of drug-likeness (QED) is 0.578. The van der Waals surface area contributed by atoms with Gasteiger partial charge in [0, 0.05) is 49.8 Å². The number of rotatable bonds is 5. The van der Waals surface area contributed by atoms with Crippen molar-refractivity contribution in [3.63, 3.8) is 0 Å². The lowest BCUT2D eigenvalue weighted by Crippen LogP contribution is -2.51. The molecule has 2 amide bonds. The second kappa shape index (κ2) is 10.1. The van der Waals surface area contributed by atoms with Crippen LogP contribution in [0.25, 0.3) is 5.78 Å². The molecule has 2 fully saturated rings. The molecule has 35 heavy (non-hydrogen) atoms. The highest BCUT2D eigenvalue weighted by Crippen LogP contribution is 2.35. The van der Waals surface area contributed by atoms with Crippen molar-refractivity contribution in [2.24, 2.45) is 11.8 Å². The van der Waals surface area contributed by atoms with Gasteiger partial charge in [0.2, 0.25) is 11.7 Å². The van der Waals surface area contributed by atoms with E-state index in [2.05, 4.69) is 26.7 Å². The molecule has 3 aromatic heterocycles. The molecule has 2 aliphatic rings. The predicted molar refractivity (Wildman–Crippen MR) is 133 cm³/mol. The first-order chi connectivity index (χ1) is 17.0. The monoisotopic (exact) mass is 493 g/mol. The Morgan fingerprint density at radius 1 is 1.26 bits per heavy atom. The second-order valence-corrected chi connectivity index (χ2v) is 10.4. The Bertz CT molecular complexity index is 1230. The molecular weight excluding hydrogens is 462 g/mol. The summed E-state index contributed by atoms with van der Waals surface area (Å²) in [4.78, 5) is 41.3. The minimum Gasteiger partial charge on any atom is -0.349 e. The smallest absolute Gasteiger partial charge is 0.274 e. The zero-order valence-corrected chi connectivity index (χ0v) is 20.6. The van der Waals surface area contributed by atoms with Crippen molar-refractivity contribution >= 4 is 28.9 Å². The van der Waals surface area contributed by atoms with Crippen LogP contribution >= 0.6 is 11.3 Å². The third kappa shape index (κ3) is 4.91. The molecule has 5 rings (SSSR count). The van der Waals surface area contributed by atoms with Crippen LogP contribution in [-0.4, -0.2) is 48.7 Å². The summed E-state index contributed by atoms with van der Waals surface area (Å²) in [6.07, 6.45) is 10.5. The fraction of sp³-hybridized carbons (Fsp3) is 0.520. The summed E-state index contributed by atoms with van der Waals surface area (Å²) in [7, 11) is 0. The van der Waals surface area contributed by atoms with E-state index >= 15 is 0 Å². The Morgan fingerprint density at radius 3 is 2.86 bits per heavy atom. The van der Waals surface area contributed by atoms with Gasteiger partial charge in [0.15, 0.2) is 0 Å². The van der Waals surface area contributed by atoms with E-state index in [0.717, 1.165) is 49.2 Å². The van der Waals surface area contributed by atoms with E-state index in [1.54, 1.807) is 39.1 Å². The molecule has 2 atom stereocenters. The van der Waals surface area contributed by atoms with E-state index in [9.17, 15) is 9.59 Å². The molecule has 9 nitrogen and oxygen atoms in total. The van der Waals surface area contributed by atoms with Gasteiger partial charge in [0.05, 0.1) is 24.2 Å². The van der Waals surface area contributed by atoms with Gasteiger partial charge in [0.25, 0.3) is 5.91 Å². The third-order valence-electron chi connectivity index (χ3n) is 7.35. The molecule has 1 saturated heterocycles. The topological polar surface area (TPSA) is 116 Å². The van der Waals surface area contributed by atoms with Gasteiger partial charge in [0.1, 0.15) is 10.7 Å². The first-order valence-electron chi connectivity index (χ1n) is 12.3. The summed E-state index contributed by atoms with van der Waals surface area (Å²) < 4.78 is 1.73. The number of likely N-dealkylation sites (tertiary alicyclic amines) is 1. The normalized spacial score (nSPS) is 24.7. The zero-order chi connectivity index (χ0) is 24.4. The summed E-state index contributed by atoms with van der Waals surface area (Å²) >= 11 is 1.57. The largest absolute Gasteiger partial charge is 0.349 e. The van der Waals surface area contributed by atoms with Gasteiger partial charge < -0.3 is 10.2 Å². The highest BCUT2D eigenvalue weighted by atomic mass is 32.1. The van der Waals surface area contributed by atoms with Crippen molar-refractivity contribution in [1.29, 1.82) is 5.26 Å². The van der Waals surface area contributed by atoms with E-state index in [0.29, 0.717) is 30.5 Å². The van der Waals surface area contributed by atoms with E-state index in [4.69, 9.17) is 10.2 Å². The average molecular weight is 494 g/mol. The van der Waals surface area contributed by atoms with E-state index in [1.807, 2.05) is 13.1 Å². The summed E-state index contributed by atoms with van der Waals surface area (Å²) in [5.74, 6) is 0.582. The SMILES string of the molecule is CC1[C@@H](C(=O)NCc2nc(C3CCC(C#N)CC3)cs2)CCCN1C(=O)c1cn2cccnc2n1.[HH]. The van der Waals surface area contributed by atoms with Crippen LogP contribution in [0, 0.1) is 23.2 Å². The van der Waals surface area contributed by atoms with Crippen molar-refractivity contribution in [3.05, 3.63) is 46.4 Å². The Labute approximate surface area is 209 Å². The van der Waals surface area contributed by atoms with Crippen LogP contribution in [0.4, 0.5) is 0 Å². The Kier molecular flexibility index (Phi) is 6.77. The molecule has 4 heterocycles. The number of nitriles is 1. The predicted octanol–water partition coefficient (Wildman–Crippen LogP) is 3.79. The van der Waals surface area contributed by atoms with Crippen LogP contribution in [-0.2, 0) is 11.3 Å². The van der Waals surface area contributed by atoms with Crippen LogP contribution < -0.4 is 5.32 Å². The molecular formula is C25H31N7O2S. The summed E-state index contributed by atoms with van der Waals surface area (Å²) in [5, 5.41) is 15.1. The Balaban J connectivity index is 0.00000304. The van der Waals surface area contributed by atoms with Crippen LogP contribution in [0.15, 0.2) is 30.0 Å². The molecule has 1 saturated carbocycles. The molecule has 1 unspecified atom stereocenters. The van der Waals surface area contributed by atoms with E-state index in [-0.39, 0.29) is 31.1 Å². The van der Waals surface area contributed by atoms with Crippen LogP contribution in [0.2, 0.25) is 0 Å². The number of carbonyl (C=O) groups excluding carboxylic acids is 2. The molecule has 184 valence electrons. The van der Waals surface area contributed by atoms with Crippen molar-refractivity contribution in [2.75, 3.05) is 6.54 Å². The molecule has 0 radical (unpaired) electrons. The first kappa shape index (κ1) is 23.4. The second-order valence-electron chi connectivity index (χ2n) is 9.50. The van der Waals surface area contributed by atoms with Gasteiger partial charge in [-0.25, -0.2) is 15.0 Å². The van der Waals surface area contributed by atoms with Crippen LogP contribution in [0.1, 0.15) is 74.0 Å². The fourth-order valence-electron chi connectivity index (χ4n) is 5.27. The number of thiazole rings is 1. The van der Waals surface area contributed by atoms with Gasteiger partial charge in [-0.3, -0.25) is 14.0 Å². The highest BCUT2D eigenvalue weighted by Gasteiger charge is 2.36. The number of piperidine rings is 1. The van der Waals surface area contributed by atoms with Gasteiger partial charge in [-0.1, -0.05) is 0 Å². The first-order valence-corrected chi connectivity index (χ1v) is 13.1. The van der Waals surface area contributed by atoms with Gasteiger partial charge in [-0.05, 0) is 51.5 Å². The molecule has 3 aromatic rings. The van der Waals surface area contributed by atoms with Crippen LogP contribution in [0.3, 0.4) is 0 Å². The molecule has 1 aliphatic carbocycles. The maximum absolute atomic E-state index is 13.2. The van der Waals surface area contributed by atoms with Crippen molar-refractivity contribution < 1.29 is 11.0 Å². The number of hydrogen-bond acceptors (Lipinski definition) is 7. The lowest BCUT2D eigenvalue weighted by molar-refractivity contribution is -0.128. The number of aromatic nitrogens is 4. The van der Waals surface area contributed by atoms with Crippen molar-refractivity contribution in [2.45, 2.75) is 64.0 Å². The fourth-order valence-corrected chi connectivity index (χ4v) is 6.08. The molecule has 10 heteroatoms. The van der Waals surface area contributed by atoms with Gasteiger partial charge >= 0.3 is 0 Å². The maximum atomic E-state index is 13.2. The number of hydrogen-bond donors (Lipinski definition) is 1. The molecule has 1 aliphatic heterocycles. The lowest BCUT2D eigenvalue weighted by atomic mass is 9.81. The number of nitrogens with zero attached hydrogens (tertiary/aromatic N) is 6. The lowest BCUT2D eigenvalue weighted by Gasteiger charge is -2.38. The molecule has 0 aromatic carbocycles. The molecule has 0 bridgehead atoms. The van der Waals surface area contributed by atoms with E-state index in [1.165, 1.54) is 0 Å². The maximum Gasteiger partial charge on any atom is 0.274 e. The summed E-state index contributed by atoms with van der Waals surface area (Å²) in [6, 6.07) is 3.94. The summed E-state index contributed by atoms with van der Waals surface area (Å²) in [5.41, 5.74) is 1.43. The molecule has 0 spiro atoms. The number of carbonyl (C=O) groups is 2. The summed E-state index contributed by atoms with van der Waals surface area (Å²) in [6.45, 7) is 2.94. The van der Waals surface area contributed by atoms with Crippen molar-refractivity contribution in [3.8, 4) is 6.07 Å². The van der Waals surface area contributed by atoms with Gasteiger partial charge in [-0.15, -0.1) is 11.3 Å². The minimum atomic E-state index is -0.274. The number of amides is 2. The zero-order valence-electron chi connectivity index (χ0n) is 19.8. The molecule has 1 N–H and O–H groups in total. The standard InChI is InChI=1S/C25H29N7O2S.H2/c1-16-19(4-2-11-32(16)24(34)20-14-31-10-3-9-27-25(31)30-20)23(33)28-13-22-29-21(15-35-22)18-7-5-17(12-26)6-8-18;/h3,9-10,14-19H,2,4-8,11,13H2,1H3,(H,28,33);1H/t16?,17?,18?,19-;/m0./s1. The van der Waals surface area contributed by atoms with E-state index < -0.39 is 0 Å². The number of fused-ring (bicyclic) bond motifs is 1.